The molecule has 1 fully saturated rings. The van der Waals surface area contributed by atoms with Gasteiger partial charge < -0.3 is 5.32 Å². The van der Waals surface area contributed by atoms with Crippen LogP contribution < -0.4 is 5.32 Å². The molecule has 1 aliphatic rings. The Bertz CT molecular complexity index is 421. The van der Waals surface area contributed by atoms with E-state index in [2.05, 4.69) is 56.1 Å². The van der Waals surface area contributed by atoms with Gasteiger partial charge in [0.1, 0.15) is 0 Å². The van der Waals surface area contributed by atoms with E-state index in [0.29, 0.717) is 6.04 Å². The quantitative estimate of drug-likeness (QED) is 0.808. The fourth-order valence-corrected chi connectivity index (χ4v) is 3.65. The van der Waals surface area contributed by atoms with E-state index in [4.69, 9.17) is 0 Å². The molecule has 2 rings (SSSR count). The molecule has 0 amide bonds. The minimum absolute atomic E-state index is 0.468. The minimum Gasteiger partial charge on any atom is -0.309 e. The molecule has 118 valence electrons. The lowest BCUT2D eigenvalue weighted by molar-refractivity contribution is 0.221. The summed E-state index contributed by atoms with van der Waals surface area (Å²) in [4.78, 5) is 2.70. The summed E-state index contributed by atoms with van der Waals surface area (Å²) in [6.07, 6.45) is 5.22. The Morgan fingerprint density at radius 1 is 1.19 bits per heavy atom. The van der Waals surface area contributed by atoms with Crippen molar-refractivity contribution in [2.45, 2.75) is 65.5 Å². The molecule has 2 atom stereocenters. The van der Waals surface area contributed by atoms with Crippen molar-refractivity contribution >= 4 is 0 Å². The smallest absolute Gasteiger partial charge is 0.0449 e. The first kappa shape index (κ1) is 16.5. The van der Waals surface area contributed by atoms with E-state index < -0.39 is 0 Å². The van der Waals surface area contributed by atoms with Gasteiger partial charge in [0.2, 0.25) is 0 Å². The van der Waals surface area contributed by atoms with Crippen molar-refractivity contribution in [2.24, 2.45) is 0 Å². The number of benzene rings is 1. The van der Waals surface area contributed by atoms with Gasteiger partial charge in [-0.05, 0) is 58.2 Å². The van der Waals surface area contributed by atoms with Crippen LogP contribution >= 0.6 is 0 Å². The summed E-state index contributed by atoms with van der Waals surface area (Å²) in [5.74, 6) is 0. The van der Waals surface area contributed by atoms with Crippen molar-refractivity contribution < 1.29 is 0 Å². The molecule has 1 N–H and O–H groups in total. The average Bonchev–Trinajstić information content (AvgIpc) is 2.89. The molecule has 0 radical (unpaired) electrons. The third-order valence-corrected chi connectivity index (χ3v) is 4.67. The van der Waals surface area contributed by atoms with Crippen LogP contribution in [0.25, 0.3) is 0 Å². The lowest BCUT2D eigenvalue weighted by Crippen LogP contribution is -2.38. The summed E-state index contributed by atoms with van der Waals surface area (Å²) in [7, 11) is 0. The van der Waals surface area contributed by atoms with Crippen LogP contribution in [0.15, 0.2) is 18.2 Å². The summed E-state index contributed by atoms with van der Waals surface area (Å²) in [5.41, 5.74) is 4.21. The molecule has 2 heteroatoms. The first-order valence-corrected chi connectivity index (χ1v) is 8.69. The number of aryl methyl sites for hydroxylation is 2. The molecular formula is C19H32N2. The highest BCUT2D eigenvalue weighted by Gasteiger charge is 2.25. The second kappa shape index (κ2) is 7.95. The molecule has 21 heavy (non-hydrogen) atoms. The van der Waals surface area contributed by atoms with Crippen LogP contribution in [0.5, 0.6) is 0 Å². The topological polar surface area (TPSA) is 15.3 Å². The SMILES string of the molecule is CCCNC(CN1CCCC1CC)c1cc(C)cc(C)c1. The third kappa shape index (κ3) is 4.55. The Kier molecular flexibility index (Phi) is 6.25. The number of nitrogens with one attached hydrogen (secondary N) is 1. The van der Waals surface area contributed by atoms with E-state index in [9.17, 15) is 0 Å². The van der Waals surface area contributed by atoms with Gasteiger partial charge in [0.05, 0.1) is 0 Å². The second-order valence-corrected chi connectivity index (χ2v) is 6.63. The molecule has 0 spiro atoms. The molecule has 0 aliphatic carbocycles. The van der Waals surface area contributed by atoms with Gasteiger partial charge in [-0.2, -0.15) is 0 Å². The maximum absolute atomic E-state index is 3.77. The molecular weight excluding hydrogens is 256 g/mol. The molecule has 1 heterocycles. The summed E-state index contributed by atoms with van der Waals surface area (Å²) in [6, 6.07) is 8.25. The average molecular weight is 288 g/mol. The fraction of sp³-hybridized carbons (Fsp3) is 0.684. The fourth-order valence-electron chi connectivity index (χ4n) is 3.65. The number of rotatable bonds is 7. The largest absolute Gasteiger partial charge is 0.309 e. The predicted octanol–water partition coefficient (Wildman–Crippen LogP) is 4.22. The van der Waals surface area contributed by atoms with Gasteiger partial charge in [0.15, 0.2) is 0 Å². The number of hydrogen-bond acceptors (Lipinski definition) is 2. The number of nitrogens with zero attached hydrogens (tertiary/aromatic N) is 1. The van der Waals surface area contributed by atoms with Crippen LogP contribution in [-0.2, 0) is 0 Å². The maximum Gasteiger partial charge on any atom is 0.0449 e. The van der Waals surface area contributed by atoms with Gasteiger partial charge in [0, 0.05) is 18.6 Å². The summed E-state index contributed by atoms with van der Waals surface area (Å²) < 4.78 is 0. The Morgan fingerprint density at radius 3 is 2.52 bits per heavy atom. The maximum atomic E-state index is 3.77. The summed E-state index contributed by atoms with van der Waals surface area (Å²) in [6.45, 7) is 12.5. The summed E-state index contributed by atoms with van der Waals surface area (Å²) >= 11 is 0. The molecule has 0 saturated carbocycles. The van der Waals surface area contributed by atoms with Crippen LogP contribution in [0.1, 0.15) is 62.3 Å². The molecule has 0 bridgehead atoms. The van der Waals surface area contributed by atoms with E-state index in [1.54, 1.807) is 0 Å². The zero-order chi connectivity index (χ0) is 15.2. The van der Waals surface area contributed by atoms with Gasteiger partial charge in [-0.3, -0.25) is 4.90 Å². The lowest BCUT2D eigenvalue weighted by atomic mass is 10.00. The first-order valence-electron chi connectivity index (χ1n) is 8.69. The van der Waals surface area contributed by atoms with Crippen molar-refractivity contribution in [1.82, 2.24) is 10.2 Å². The van der Waals surface area contributed by atoms with Gasteiger partial charge in [-0.25, -0.2) is 0 Å². The Labute approximate surface area is 130 Å². The van der Waals surface area contributed by atoms with Gasteiger partial charge in [-0.15, -0.1) is 0 Å². The Morgan fingerprint density at radius 2 is 1.90 bits per heavy atom. The highest BCUT2D eigenvalue weighted by Crippen LogP contribution is 2.25. The molecule has 2 unspecified atom stereocenters. The Hall–Kier alpha value is -0.860. The van der Waals surface area contributed by atoms with E-state index in [1.165, 1.54) is 48.9 Å². The minimum atomic E-state index is 0.468. The van der Waals surface area contributed by atoms with E-state index in [1.807, 2.05) is 0 Å². The van der Waals surface area contributed by atoms with Gasteiger partial charge in [-0.1, -0.05) is 43.2 Å². The molecule has 1 aromatic carbocycles. The highest BCUT2D eigenvalue weighted by atomic mass is 15.2. The van der Waals surface area contributed by atoms with Crippen LogP contribution in [0, 0.1) is 13.8 Å². The van der Waals surface area contributed by atoms with Crippen LogP contribution in [0.3, 0.4) is 0 Å². The highest BCUT2D eigenvalue weighted by molar-refractivity contribution is 5.31. The zero-order valence-corrected chi connectivity index (χ0v) is 14.3. The zero-order valence-electron chi connectivity index (χ0n) is 14.3. The van der Waals surface area contributed by atoms with Crippen molar-refractivity contribution in [3.8, 4) is 0 Å². The normalized spacial score (nSPS) is 20.9. The molecule has 1 aromatic rings. The van der Waals surface area contributed by atoms with Crippen molar-refractivity contribution in [2.75, 3.05) is 19.6 Å². The molecule has 0 aromatic heterocycles. The van der Waals surface area contributed by atoms with Crippen LogP contribution in [-0.4, -0.2) is 30.6 Å². The Balaban J connectivity index is 2.13. The first-order chi connectivity index (χ1) is 10.1. The van der Waals surface area contributed by atoms with Crippen molar-refractivity contribution in [3.63, 3.8) is 0 Å². The van der Waals surface area contributed by atoms with E-state index >= 15 is 0 Å². The summed E-state index contributed by atoms with van der Waals surface area (Å²) in [5, 5.41) is 3.77. The van der Waals surface area contributed by atoms with Gasteiger partial charge in [0.25, 0.3) is 0 Å². The van der Waals surface area contributed by atoms with Crippen LogP contribution in [0.4, 0.5) is 0 Å². The van der Waals surface area contributed by atoms with E-state index in [0.717, 1.165) is 19.1 Å². The lowest BCUT2D eigenvalue weighted by Gasteiger charge is -2.29. The molecule has 1 aliphatic heterocycles. The van der Waals surface area contributed by atoms with Crippen molar-refractivity contribution in [1.29, 1.82) is 0 Å². The van der Waals surface area contributed by atoms with Crippen LogP contribution in [0.2, 0.25) is 0 Å². The number of likely N-dealkylation sites (tertiary alicyclic amines) is 1. The molecule has 1 saturated heterocycles. The van der Waals surface area contributed by atoms with Gasteiger partial charge >= 0.3 is 0 Å². The van der Waals surface area contributed by atoms with E-state index in [-0.39, 0.29) is 0 Å². The molecule has 2 nitrogen and oxygen atoms in total. The number of hydrogen-bond donors (Lipinski definition) is 1. The predicted molar refractivity (Wildman–Crippen MR) is 91.8 cm³/mol. The third-order valence-electron chi connectivity index (χ3n) is 4.67. The second-order valence-electron chi connectivity index (χ2n) is 6.63. The monoisotopic (exact) mass is 288 g/mol. The standard InChI is InChI=1S/C19H32N2/c1-5-9-20-19(14-21-10-7-8-18(21)6-2)17-12-15(3)11-16(4)13-17/h11-13,18-20H,5-10,14H2,1-4H3. The van der Waals surface area contributed by atoms with Crippen molar-refractivity contribution in [3.05, 3.63) is 34.9 Å².